The smallest absolute Gasteiger partial charge is 0.126 e. The predicted octanol–water partition coefficient (Wildman–Crippen LogP) is 3.30. The molecule has 102 valence electrons. The van der Waals surface area contributed by atoms with Crippen molar-refractivity contribution in [2.75, 3.05) is 31.5 Å². The molecule has 2 rings (SSSR count). The summed E-state index contributed by atoms with van der Waals surface area (Å²) in [7, 11) is 0. The second kappa shape index (κ2) is 6.53. The Kier molecular flexibility index (Phi) is 4.74. The SMILES string of the molecule is CCN(CC)CCNc1cc(C)c2ccccc2n1. The van der Waals surface area contributed by atoms with Crippen LogP contribution in [0.25, 0.3) is 10.9 Å². The lowest BCUT2D eigenvalue weighted by Crippen LogP contribution is -2.28. The second-order valence-corrected chi connectivity index (χ2v) is 4.80. The number of rotatable bonds is 6. The minimum absolute atomic E-state index is 0.937. The van der Waals surface area contributed by atoms with Crippen molar-refractivity contribution in [2.45, 2.75) is 20.8 Å². The summed E-state index contributed by atoms with van der Waals surface area (Å²) >= 11 is 0. The first kappa shape index (κ1) is 13.8. The Balaban J connectivity index is 2.05. The maximum atomic E-state index is 4.65. The molecule has 0 fully saturated rings. The van der Waals surface area contributed by atoms with Crippen LogP contribution in [0, 0.1) is 6.92 Å². The highest BCUT2D eigenvalue weighted by atomic mass is 15.1. The first-order chi connectivity index (χ1) is 9.24. The van der Waals surface area contributed by atoms with Crippen LogP contribution in [0.5, 0.6) is 0 Å². The van der Waals surface area contributed by atoms with Gasteiger partial charge in [-0.25, -0.2) is 4.98 Å². The number of likely N-dealkylation sites (N-methyl/N-ethyl adjacent to an activating group) is 1. The van der Waals surface area contributed by atoms with E-state index in [1.54, 1.807) is 0 Å². The number of aromatic nitrogens is 1. The first-order valence-corrected chi connectivity index (χ1v) is 7.07. The lowest BCUT2D eigenvalue weighted by molar-refractivity contribution is 0.316. The molecule has 1 heterocycles. The van der Waals surface area contributed by atoms with E-state index in [-0.39, 0.29) is 0 Å². The minimum atomic E-state index is 0.937. The van der Waals surface area contributed by atoms with E-state index in [0.29, 0.717) is 0 Å². The zero-order valence-electron chi connectivity index (χ0n) is 12.1. The highest BCUT2D eigenvalue weighted by Crippen LogP contribution is 2.19. The van der Waals surface area contributed by atoms with Gasteiger partial charge in [0, 0.05) is 18.5 Å². The van der Waals surface area contributed by atoms with Crippen LogP contribution < -0.4 is 5.32 Å². The van der Waals surface area contributed by atoms with Gasteiger partial charge in [0.1, 0.15) is 5.82 Å². The van der Waals surface area contributed by atoms with Gasteiger partial charge in [-0.2, -0.15) is 0 Å². The zero-order chi connectivity index (χ0) is 13.7. The number of hydrogen-bond donors (Lipinski definition) is 1. The molecule has 0 spiro atoms. The summed E-state index contributed by atoms with van der Waals surface area (Å²) in [6.45, 7) is 10.7. The van der Waals surface area contributed by atoms with Crippen molar-refractivity contribution in [1.82, 2.24) is 9.88 Å². The minimum Gasteiger partial charge on any atom is -0.369 e. The third-order valence-electron chi connectivity index (χ3n) is 3.55. The van der Waals surface area contributed by atoms with Crippen LogP contribution >= 0.6 is 0 Å². The molecule has 0 aliphatic rings. The Morgan fingerprint density at radius 3 is 2.63 bits per heavy atom. The van der Waals surface area contributed by atoms with E-state index in [9.17, 15) is 0 Å². The van der Waals surface area contributed by atoms with E-state index in [1.165, 1.54) is 10.9 Å². The predicted molar refractivity (Wildman–Crippen MR) is 82.8 cm³/mol. The molecule has 0 atom stereocenters. The van der Waals surface area contributed by atoms with Crippen molar-refractivity contribution >= 4 is 16.7 Å². The Labute approximate surface area is 115 Å². The average Bonchev–Trinajstić information content (AvgIpc) is 2.44. The Morgan fingerprint density at radius 1 is 1.16 bits per heavy atom. The lowest BCUT2D eigenvalue weighted by atomic mass is 10.1. The average molecular weight is 257 g/mol. The van der Waals surface area contributed by atoms with Crippen LogP contribution in [0.1, 0.15) is 19.4 Å². The number of anilines is 1. The van der Waals surface area contributed by atoms with Crippen LogP contribution in [-0.4, -0.2) is 36.1 Å². The van der Waals surface area contributed by atoms with E-state index in [0.717, 1.165) is 37.5 Å². The summed E-state index contributed by atoms with van der Waals surface area (Å²) in [6.07, 6.45) is 0. The molecule has 1 aromatic heterocycles. The molecule has 2 aromatic rings. The molecule has 0 amide bonds. The van der Waals surface area contributed by atoms with Crippen molar-refractivity contribution in [3.8, 4) is 0 Å². The van der Waals surface area contributed by atoms with Gasteiger partial charge in [0.05, 0.1) is 5.52 Å². The van der Waals surface area contributed by atoms with Crippen LogP contribution in [0.2, 0.25) is 0 Å². The van der Waals surface area contributed by atoms with Crippen molar-refractivity contribution in [3.63, 3.8) is 0 Å². The summed E-state index contributed by atoms with van der Waals surface area (Å²) < 4.78 is 0. The van der Waals surface area contributed by atoms with Crippen LogP contribution in [-0.2, 0) is 0 Å². The summed E-state index contributed by atoms with van der Waals surface area (Å²) in [4.78, 5) is 7.06. The van der Waals surface area contributed by atoms with Gasteiger partial charge in [-0.15, -0.1) is 0 Å². The second-order valence-electron chi connectivity index (χ2n) is 4.80. The molecule has 0 radical (unpaired) electrons. The molecule has 3 heteroatoms. The fourth-order valence-corrected chi connectivity index (χ4v) is 2.32. The number of pyridine rings is 1. The molecular formula is C16H23N3. The molecule has 0 aliphatic carbocycles. The molecular weight excluding hydrogens is 234 g/mol. The molecule has 1 N–H and O–H groups in total. The normalized spacial score (nSPS) is 11.2. The standard InChI is InChI=1S/C16H23N3/c1-4-19(5-2)11-10-17-16-12-13(3)14-8-6-7-9-15(14)18-16/h6-9,12H,4-5,10-11H2,1-3H3,(H,17,18). The molecule has 0 unspecified atom stereocenters. The Morgan fingerprint density at radius 2 is 1.89 bits per heavy atom. The van der Waals surface area contributed by atoms with Gasteiger partial charge in [0.2, 0.25) is 0 Å². The van der Waals surface area contributed by atoms with Gasteiger partial charge in [-0.3, -0.25) is 0 Å². The third-order valence-corrected chi connectivity index (χ3v) is 3.55. The number of hydrogen-bond acceptors (Lipinski definition) is 3. The molecule has 0 aliphatic heterocycles. The first-order valence-electron chi connectivity index (χ1n) is 7.07. The summed E-state index contributed by atoms with van der Waals surface area (Å²) in [5.41, 5.74) is 2.34. The lowest BCUT2D eigenvalue weighted by Gasteiger charge is -2.18. The number of nitrogens with zero attached hydrogens (tertiary/aromatic N) is 2. The molecule has 3 nitrogen and oxygen atoms in total. The van der Waals surface area contributed by atoms with E-state index in [1.807, 2.05) is 6.07 Å². The number of fused-ring (bicyclic) bond motifs is 1. The Bertz CT molecular complexity index is 533. The topological polar surface area (TPSA) is 28.2 Å². The maximum absolute atomic E-state index is 4.65. The fourth-order valence-electron chi connectivity index (χ4n) is 2.32. The number of para-hydroxylation sites is 1. The quantitative estimate of drug-likeness (QED) is 0.860. The summed E-state index contributed by atoms with van der Waals surface area (Å²) in [5, 5.41) is 4.66. The highest BCUT2D eigenvalue weighted by Gasteiger charge is 2.03. The number of aryl methyl sites for hydroxylation is 1. The molecule has 0 bridgehead atoms. The van der Waals surface area contributed by atoms with Gasteiger partial charge in [-0.05, 0) is 37.7 Å². The van der Waals surface area contributed by atoms with Crippen LogP contribution in [0.15, 0.2) is 30.3 Å². The van der Waals surface area contributed by atoms with E-state index in [4.69, 9.17) is 0 Å². The van der Waals surface area contributed by atoms with Crippen LogP contribution in [0.4, 0.5) is 5.82 Å². The molecule has 0 saturated carbocycles. The van der Waals surface area contributed by atoms with E-state index < -0.39 is 0 Å². The number of benzene rings is 1. The summed E-state index contributed by atoms with van der Waals surface area (Å²) in [5.74, 6) is 0.975. The van der Waals surface area contributed by atoms with Gasteiger partial charge >= 0.3 is 0 Å². The van der Waals surface area contributed by atoms with Crippen molar-refractivity contribution in [3.05, 3.63) is 35.9 Å². The summed E-state index contributed by atoms with van der Waals surface area (Å²) in [6, 6.07) is 10.4. The molecule has 19 heavy (non-hydrogen) atoms. The van der Waals surface area contributed by atoms with Crippen molar-refractivity contribution in [2.24, 2.45) is 0 Å². The third kappa shape index (κ3) is 3.44. The monoisotopic (exact) mass is 257 g/mol. The molecule has 1 aromatic carbocycles. The van der Waals surface area contributed by atoms with Gasteiger partial charge in [0.15, 0.2) is 0 Å². The van der Waals surface area contributed by atoms with Crippen molar-refractivity contribution < 1.29 is 0 Å². The van der Waals surface area contributed by atoms with Crippen LogP contribution in [0.3, 0.4) is 0 Å². The zero-order valence-corrected chi connectivity index (χ0v) is 12.1. The highest BCUT2D eigenvalue weighted by molar-refractivity contribution is 5.83. The van der Waals surface area contributed by atoms with Gasteiger partial charge < -0.3 is 10.2 Å². The Hall–Kier alpha value is -1.61. The van der Waals surface area contributed by atoms with Gasteiger partial charge in [0.25, 0.3) is 0 Å². The van der Waals surface area contributed by atoms with Gasteiger partial charge in [-0.1, -0.05) is 32.0 Å². The largest absolute Gasteiger partial charge is 0.369 e. The maximum Gasteiger partial charge on any atom is 0.126 e. The van der Waals surface area contributed by atoms with Crippen molar-refractivity contribution in [1.29, 1.82) is 0 Å². The van der Waals surface area contributed by atoms with E-state index in [2.05, 4.69) is 60.2 Å². The number of nitrogens with one attached hydrogen (secondary N) is 1. The fraction of sp³-hybridized carbons (Fsp3) is 0.438. The molecule has 0 saturated heterocycles. The van der Waals surface area contributed by atoms with E-state index >= 15 is 0 Å².